The molecule has 0 aliphatic carbocycles. The quantitative estimate of drug-likeness (QED) is 0.729. The van der Waals surface area contributed by atoms with Crippen molar-refractivity contribution in [3.8, 4) is 0 Å². The molecule has 0 heterocycles. The third-order valence-corrected chi connectivity index (χ3v) is 2.43. The van der Waals surface area contributed by atoms with Gasteiger partial charge in [-0.2, -0.15) is 0 Å². The van der Waals surface area contributed by atoms with Crippen LogP contribution in [0.4, 0.5) is 4.79 Å². The number of hydrogen-bond donors (Lipinski definition) is 1. The summed E-state index contributed by atoms with van der Waals surface area (Å²) >= 11 is 0. The lowest BCUT2D eigenvalue weighted by atomic mass is 10.1. The first-order chi connectivity index (χ1) is 7.29. The molecule has 0 aliphatic rings. The number of rotatable bonds is 5. The van der Waals surface area contributed by atoms with Crippen LogP contribution in [0.15, 0.2) is 0 Å². The molecule has 0 saturated heterocycles. The molecule has 96 valence electrons. The van der Waals surface area contributed by atoms with Crippen molar-refractivity contribution in [3.05, 3.63) is 0 Å². The van der Waals surface area contributed by atoms with E-state index in [1.807, 2.05) is 25.9 Å². The van der Waals surface area contributed by atoms with Crippen molar-refractivity contribution in [2.45, 2.75) is 39.7 Å². The summed E-state index contributed by atoms with van der Waals surface area (Å²) in [6, 6.07) is 0.0359. The van der Waals surface area contributed by atoms with Crippen molar-refractivity contribution >= 4 is 6.03 Å². The molecule has 4 heteroatoms. The van der Waals surface area contributed by atoms with Gasteiger partial charge in [0.05, 0.1) is 0 Å². The van der Waals surface area contributed by atoms with Crippen molar-refractivity contribution in [2.75, 3.05) is 33.7 Å². The number of hydrogen-bond acceptors (Lipinski definition) is 2. The molecular weight excluding hydrogens is 202 g/mol. The van der Waals surface area contributed by atoms with Crippen molar-refractivity contribution < 1.29 is 4.79 Å². The molecular formula is C12H27N3O. The maximum Gasteiger partial charge on any atom is 0.317 e. The van der Waals surface area contributed by atoms with E-state index >= 15 is 0 Å². The van der Waals surface area contributed by atoms with Gasteiger partial charge in [-0.15, -0.1) is 0 Å². The van der Waals surface area contributed by atoms with Gasteiger partial charge in [-0.3, -0.25) is 0 Å². The molecule has 0 unspecified atom stereocenters. The summed E-state index contributed by atoms with van der Waals surface area (Å²) in [6.07, 6.45) is 0.987. The van der Waals surface area contributed by atoms with E-state index in [9.17, 15) is 4.79 Å². The zero-order chi connectivity index (χ0) is 12.8. The molecule has 0 radical (unpaired) electrons. The maximum absolute atomic E-state index is 11.9. The van der Waals surface area contributed by atoms with Crippen LogP contribution >= 0.6 is 0 Å². The highest BCUT2D eigenvalue weighted by Gasteiger charge is 2.24. The molecule has 1 N–H and O–H groups in total. The SMILES string of the molecule is CCN(C(=O)NCCCN(C)C)C(C)(C)C. The molecule has 0 aromatic carbocycles. The summed E-state index contributed by atoms with van der Waals surface area (Å²) in [5.74, 6) is 0. The Kier molecular flexibility index (Phi) is 6.41. The number of nitrogens with zero attached hydrogens (tertiary/aromatic N) is 2. The van der Waals surface area contributed by atoms with Crippen LogP contribution in [0.1, 0.15) is 34.1 Å². The molecule has 0 saturated carbocycles. The van der Waals surface area contributed by atoms with Crippen LogP contribution in [-0.2, 0) is 0 Å². The van der Waals surface area contributed by atoms with Gasteiger partial charge in [0.25, 0.3) is 0 Å². The number of urea groups is 1. The lowest BCUT2D eigenvalue weighted by Crippen LogP contribution is -2.50. The van der Waals surface area contributed by atoms with Gasteiger partial charge in [0.15, 0.2) is 0 Å². The smallest absolute Gasteiger partial charge is 0.317 e. The second kappa shape index (κ2) is 6.74. The highest BCUT2D eigenvalue weighted by atomic mass is 16.2. The van der Waals surface area contributed by atoms with Gasteiger partial charge in [0.2, 0.25) is 0 Å². The predicted molar refractivity (Wildman–Crippen MR) is 68.7 cm³/mol. The predicted octanol–water partition coefficient (Wildman–Crippen LogP) is 1.77. The fourth-order valence-electron chi connectivity index (χ4n) is 1.61. The molecule has 0 fully saturated rings. The van der Waals surface area contributed by atoms with E-state index < -0.39 is 0 Å². The summed E-state index contributed by atoms with van der Waals surface area (Å²) < 4.78 is 0. The van der Waals surface area contributed by atoms with Crippen LogP contribution in [0.25, 0.3) is 0 Å². The van der Waals surface area contributed by atoms with Gasteiger partial charge in [-0.25, -0.2) is 4.79 Å². The van der Waals surface area contributed by atoms with Crippen LogP contribution in [0, 0.1) is 0 Å². The second-order valence-electron chi connectivity index (χ2n) is 5.30. The molecule has 16 heavy (non-hydrogen) atoms. The van der Waals surface area contributed by atoms with Crippen LogP contribution < -0.4 is 5.32 Å². The summed E-state index contributed by atoms with van der Waals surface area (Å²) in [5, 5.41) is 2.96. The Morgan fingerprint density at radius 3 is 2.19 bits per heavy atom. The molecule has 4 nitrogen and oxygen atoms in total. The monoisotopic (exact) mass is 229 g/mol. The first-order valence-electron chi connectivity index (χ1n) is 5.99. The lowest BCUT2D eigenvalue weighted by molar-refractivity contribution is 0.149. The van der Waals surface area contributed by atoms with Gasteiger partial charge in [0, 0.05) is 18.6 Å². The third-order valence-electron chi connectivity index (χ3n) is 2.43. The Morgan fingerprint density at radius 1 is 1.25 bits per heavy atom. The first kappa shape index (κ1) is 15.2. The van der Waals surface area contributed by atoms with Crippen LogP contribution in [0.2, 0.25) is 0 Å². The highest BCUT2D eigenvalue weighted by Crippen LogP contribution is 2.12. The van der Waals surface area contributed by atoms with Crippen molar-refractivity contribution in [1.29, 1.82) is 0 Å². The summed E-state index contributed by atoms with van der Waals surface area (Å²) in [7, 11) is 4.07. The average Bonchev–Trinajstić information content (AvgIpc) is 2.10. The first-order valence-corrected chi connectivity index (χ1v) is 5.99. The van der Waals surface area contributed by atoms with E-state index in [0.29, 0.717) is 0 Å². The number of carbonyl (C=O) groups is 1. The maximum atomic E-state index is 11.9. The molecule has 0 bridgehead atoms. The average molecular weight is 229 g/mol. The fraction of sp³-hybridized carbons (Fsp3) is 0.917. The number of carbonyl (C=O) groups excluding carboxylic acids is 1. The van der Waals surface area contributed by atoms with E-state index in [-0.39, 0.29) is 11.6 Å². The number of amides is 2. The molecule has 0 atom stereocenters. The summed E-state index contributed by atoms with van der Waals surface area (Å²) in [6.45, 7) is 10.6. The van der Waals surface area contributed by atoms with E-state index in [1.165, 1.54) is 0 Å². The van der Waals surface area contributed by atoms with Gasteiger partial charge in [0.1, 0.15) is 0 Å². The Labute approximate surface area is 100.0 Å². The molecule has 0 spiro atoms. The van der Waals surface area contributed by atoms with E-state index in [0.717, 1.165) is 26.1 Å². The van der Waals surface area contributed by atoms with Gasteiger partial charge >= 0.3 is 6.03 Å². The normalized spacial score (nSPS) is 11.7. The van der Waals surface area contributed by atoms with Crippen molar-refractivity contribution in [1.82, 2.24) is 15.1 Å². The van der Waals surface area contributed by atoms with Crippen LogP contribution in [-0.4, -0.2) is 55.1 Å². The minimum Gasteiger partial charge on any atom is -0.338 e. The van der Waals surface area contributed by atoms with Crippen LogP contribution in [0.3, 0.4) is 0 Å². The Bertz CT molecular complexity index is 209. The molecule has 2 amide bonds. The Morgan fingerprint density at radius 2 is 1.81 bits per heavy atom. The molecule has 0 rings (SSSR count). The van der Waals surface area contributed by atoms with Crippen LogP contribution in [0.5, 0.6) is 0 Å². The minimum atomic E-state index is -0.111. The van der Waals surface area contributed by atoms with Gasteiger partial charge < -0.3 is 15.1 Å². The highest BCUT2D eigenvalue weighted by molar-refractivity contribution is 5.74. The van der Waals surface area contributed by atoms with E-state index in [1.54, 1.807) is 0 Å². The third kappa shape index (κ3) is 5.95. The Balaban J connectivity index is 3.95. The second-order valence-corrected chi connectivity index (χ2v) is 5.30. The zero-order valence-corrected chi connectivity index (χ0v) is 11.6. The van der Waals surface area contributed by atoms with Gasteiger partial charge in [-0.05, 0) is 54.8 Å². The topological polar surface area (TPSA) is 35.6 Å². The van der Waals surface area contributed by atoms with Crippen molar-refractivity contribution in [2.24, 2.45) is 0 Å². The minimum absolute atomic E-state index is 0.0359. The van der Waals surface area contributed by atoms with E-state index in [2.05, 4.69) is 31.0 Å². The number of nitrogens with one attached hydrogen (secondary N) is 1. The Hall–Kier alpha value is -0.770. The molecule has 0 aliphatic heterocycles. The molecule has 0 aromatic heterocycles. The van der Waals surface area contributed by atoms with Crippen molar-refractivity contribution in [3.63, 3.8) is 0 Å². The lowest BCUT2D eigenvalue weighted by Gasteiger charge is -2.34. The zero-order valence-electron chi connectivity index (χ0n) is 11.6. The summed E-state index contributed by atoms with van der Waals surface area (Å²) in [4.78, 5) is 15.8. The molecule has 0 aromatic rings. The van der Waals surface area contributed by atoms with E-state index in [4.69, 9.17) is 0 Å². The largest absolute Gasteiger partial charge is 0.338 e. The standard InChI is InChI=1S/C12H27N3O/c1-7-15(12(2,3)4)11(16)13-9-8-10-14(5)6/h7-10H2,1-6H3,(H,13,16). The summed E-state index contributed by atoms with van der Waals surface area (Å²) in [5.41, 5.74) is -0.111. The fourth-order valence-corrected chi connectivity index (χ4v) is 1.61. The van der Waals surface area contributed by atoms with Gasteiger partial charge in [-0.1, -0.05) is 0 Å².